The van der Waals surface area contributed by atoms with E-state index in [1.807, 2.05) is 0 Å². The number of hydrogen-bond donors (Lipinski definition) is 0. The zero-order valence-corrected chi connectivity index (χ0v) is 11.0. The third kappa shape index (κ3) is 4.52. The molecule has 0 aromatic heterocycles. The molecule has 0 aliphatic carbocycles. The molecule has 2 nitrogen and oxygen atoms in total. The third-order valence-electron chi connectivity index (χ3n) is 3.94. The lowest BCUT2D eigenvalue weighted by Crippen LogP contribution is -2.39. The molecule has 0 aromatic rings. The monoisotopic (exact) mass is 212 g/mol. The smallest absolute Gasteiger partial charge is 0.0109 e. The van der Waals surface area contributed by atoms with Gasteiger partial charge in [-0.2, -0.15) is 0 Å². The van der Waals surface area contributed by atoms with Crippen molar-refractivity contribution in [1.82, 2.24) is 9.80 Å². The Morgan fingerprint density at radius 1 is 1.27 bits per heavy atom. The van der Waals surface area contributed by atoms with Crippen molar-refractivity contribution in [2.24, 2.45) is 11.8 Å². The van der Waals surface area contributed by atoms with E-state index in [-0.39, 0.29) is 0 Å². The molecule has 90 valence electrons. The minimum Gasteiger partial charge on any atom is -0.308 e. The Morgan fingerprint density at radius 2 is 1.87 bits per heavy atom. The molecule has 1 rings (SSSR count). The van der Waals surface area contributed by atoms with E-state index in [0.717, 1.165) is 11.8 Å². The van der Waals surface area contributed by atoms with Gasteiger partial charge in [-0.05, 0) is 51.9 Å². The largest absolute Gasteiger partial charge is 0.308 e. The van der Waals surface area contributed by atoms with Crippen LogP contribution in [0.4, 0.5) is 0 Å². The molecular weight excluding hydrogens is 184 g/mol. The van der Waals surface area contributed by atoms with Crippen molar-refractivity contribution >= 4 is 0 Å². The van der Waals surface area contributed by atoms with Gasteiger partial charge in [-0.1, -0.05) is 20.3 Å². The average molecular weight is 212 g/mol. The molecule has 0 amide bonds. The second-order valence-electron chi connectivity index (χ2n) is 5.37. The van der Waals surface area contributed by atoms with Gasteiger partial charge >= 0.3 is 0 Å². The summed E-state index contributed by atoms with van der Waals surface area (Å²) in [5, 5.41) is 0. The number of likely N-dealkylation sites (tertiary alicyclic amines) is 1. The highest BCUT2D eigenvalue weighted by atomic mass is 15.2. The topological polar surface area (TPSA) is 6.48 Å². The maximum atomic E-state index is 2.62. The van der Waals surface area contributed by atoms with Crippen molar-refractivity contribution in [1.29, 1.82) is 0 Å². The molecule has 1 saturated heterocycles. The molecule has 1 aliphatic rings. The van der Waals surface area contributed by atoms with Gasteiger partial charge in [0, 0.05) is 13.1 Å². The molecule has 0 spiro atoms. The lowest BCUT2D eigenvalue weighted by Gasteiger charge is -2.35. The van der Waals surface area contributed by atoms with Crippen LogP contribution >= 0.6 is 0 Å². The highest BCUT2D eigenvalue weighted by Crippen LogP contribution is 2.26. The zero-order chi connectivity index (χ0) is 11.3. The van der Waals surface area contributed by atoms with Crippen LogP contribution in [0.5, 0.6) is 0 Å². The van der Waals surface area contributed by atoms with Crippen LogP contribution in [-0.4, -0.2) is 50.1 Å². The van der Waals surface area contributed by atoms with E-state index in [4.69, 9.17) is 0 Å². The van der Waals surface area contributed by atoms with E-state index in [2.05, 4.69) is 37.7 Å². The van der Waals surface area contributed by atoms with E-state index >= 15 is 0 Å². The van der Waals surface area contributed by atoms with E-state index in [0.29, 0.717) is 0 Å². The highest BCUT2D eigenvalue weighted by molar-refractivity contribution is 4.75. The lowest BCUT2D eigenvalue weighted by molar-refractivity contribution is 0.142. The van der Waals surface area contributed by atoms with Gasteiger partial charge < -0.3 is 9.80 Å². The van der Waals surface area contributed by atoms with Gasteiger partial charge in [0.2, 0.25) is 0 Å². The highest BCUT2D eigenvalue weighted by Gasteiger charge is 2.22. The fourth-order valence-corrected chi connectivity index (χ4v) is 2.42. The molecule has 0 N–H and O–H groups in total. The van der Waals surface area contributed by atoms with Gasteiger partial charge in [0.05, 0.1) is 0 Å². The summed E-state index contributed by atoms with van der Waals surface area (Å²) in [6, 6.07) is 0. The van der Waals surface area contributed by atoms with Crippen LogP contribution in [0.3, 0.4) is 0 Å². The molecule has 0 radical (unpaired) electrons. The molecule has 1 heterocycles. The van der Waals surface area contributed by atoms with Crippen molar-refractivity contribution in [2.75, 3.05) is 40.3 Å². The average Bonchev–Trinajstić information content (AvgIpc) is 2.26. The Kier molecular flexibility index (Phi) is 5.62. The molecule has 2 heteroatoms. The summed E-state index contributed by atoms with van der Waals surface area (Å²) in [5.74, 6) is 1.92. The Balaban J connectivity index is 2.18. The minimum atomic E-state index is 0.931. The zero-order valence-electron chi connectivity index (χ0n) is 11.0. The van der Waals surface area contributed by atoms with Crippen molar-refractivity contribution in [2.45, 2.75) is 33.1 Å². The molecule has 1 fully saturated rings. The quantitative estimate of drug-likeness (QED) is 0.690. The van der Waals surface area contributed by atoms with Crippen molar-refractivity contribution in [3.8, 4) is 0 Å². The molecule has 1 unspecified atom stereocenters. The first-order valence-corrected chi connectivity index (χ1v) is 6.50. The summed E-state index contributed by atoms with van der Waals surface area (Å²) in [6.07, 6.45) is 4.19. The van der Waals surface area contributed by atoms with Crippen molar-refractivity contribution < 1.29 is 0 Å². The van der Waals surface area contributed by atoms with Crippen LogP contribution in [0.1, 0.15) is 33.1 Å². The number of rotatable bonds is 5. The Bertz CT molecular complexity index is 160. The predicted octanol–water partition coefficient (Wildman–Crippen LogP) is 2.31. The standard InChI is InChI=1S/C13H28N2/c1-5-12(2)13-6-8-15(9-7-13)11-10-14(3)4/h12-13H,5-11H2,1-4H3. The van der Waals surface area contributed by atoms with Crippen molar-refractivity contribution in [3.05, 3.63) is 0 Å². The molecule has 15 heavy (non-hydrogen) atoms. The Labute approximate surface area is 95.6 Å². The first-order chi connectivity index (χ1) is 7.13. The normalized spacial score (nSPS) is 22.2. The van der Waals surface area contributed by atoms with Crippen LogP contribution in [0, 0.1) is 11.8 Å². The minimum absolute atomic E-state index is 0.931. The van der Waals surface area contributed by atoms with E-state index in [1.54, 1.807) is 0 Å². The summed E-state index contributed by atoms with van der Waals surface area (Å²) in [6.45, 7) is 9.84. The van der Waals surface area contributed by atoms with Gasteiger partial charge in [0.15, 0.2) is 0 Å². The molecule has 1 aliphatic heterocycles. The van der Waals surface area contributed by atoms with Crippen LogP contribution in [0.15, 0.2) is 0 Å². The Morgan fingerprint density at radius 3 is 2.33 bits per heavy atom. The van der Waals surface area contributed by atoms with E-state index in [9.17, 15) is 0 Å². The summed E-state index contributed by atoms with van der Waals surface area (Å²) in [5.41, 5.74) is 0. The number of hydrogen-bond acceptors (Lipinski definition) is 2. The molecule has 0 aromatic carbocycles. The molecule has 0 bridgehead atoms. The van der Waals surface area contributed by atoms with E-state index in [1.165, 1.54) is 45.4 Å². The Hall–Kier alpha value is -0.0800. The van der Waals surface area contributed by atoms with Gasteiger partial charge in [-0.15, -0.1) is 0 Å². The predicted molar refractivity (Wildman–Crippen MR) is 67.2 cm³/mol. The van der Waals surface area contributed by atoms with Crippen molar-refractivity contribution in [3.63, 3.8) is 0 Å². The van der Waals surface area contributed by atoms with Crippen LogP contribution in [0.2, 0.25) is 0 Å². The maximum absolute atomic E-state index is 2.62. The number of piperidine rings is 1. The first-order valence-electron chi connectivity index (χ1n) is 6.50. The molecule has 0 saturated carbocycles. The van der Waals surface area contributed by atoms with Crippen LogP contribution in [0.25, 0.3) is 0 Å². The lowest BCUT2D eigenvalue weighted by atomic mass is 9.84. The van der Waals surface area contributed by atoms with Gasteiger partial charge in [0.25, 0.3) is 0 Å². The number of nitrogens with zero attached hydrogens (tertiary/aromatic N) is 2. The second kappa shape index (κ2) is 6.49. The summed E-state index contributed by atoms with van der Waals surface area (Å²) in [7, 11) is 4.32. The fourth-order valence-electron chi connectivity index (χ4n) is 2.42. The summed E-state index contributed by atoms with van der Waals surface area (Å²) >= 11 is 0. The second-order valence-corrected chi connectivity index (χ2v) is 5.37. The van der Waals surface area contributed by atoms with Gasteiger partial charge in [-0.25, -0.2) is 0 Å². The molecule has 1 atom stereocenters. The first kappa shape index (κ1) is 13.0. The summed E-state index contributed by atoms with van der Waals surface area (Å²) < 4.78 is 0. The van der Waals surface area contributed by atoms with E-state index < -0.39 is 0 Å². The van der Waals surface area contributed by atoms with Crippen LogP contribution in [-0.2, 0) is 0 Å². The fraction of sp³-hybridized carbons (Fsp3) is 1.00. The SMILES string of the molecule is CCC(C)C1CCN(CCN(C)C)CC1. The van der Waals surface area contributed by atoms with Gasteiger partial charge in [-0.3, -0.25) is 0 Å². The third-order valence-corrected chi connectivity index (χ3v) is 3.94. The summed E-state index contributed by atoms with van der Waals surface area (Å²) in [4.78, 5) is 4.90. The van der Waals surface area contributed by atoms with Crippen LogP contribution < -0.4 is 0 Å². The maximum Gasteiger partial charge on any atom is 0.0109 e. The van der Waals surface area contributed by atoms with Gasteiger partial charge in [0.1, 0.15) is 0 Å². The molecular formula is C13H28N2. The number of likely N-dealkylation sites (N-methyl/N-ethyl adjacent to an activating group) is 1.